The molecule has 0 amide bonds. The third-order valence-corrected chi connectivity index (χ3v) is 13.0. The predicted molar refractivity (Wildman–Crippen MR) is 325 cm³/mol. The summed E-state index contributed by atoms with van der Waals surface area (Å²) in [5.41, 5.74) is 0. The van der Waals surface area contributed by atoms with Crippen LogP contribution in [0.1, 0.15) is 278 Å². The lowest BCUT2D eigenvalue weighted by molar-refractivity contribution is -0.167. The van der Waals surface area contributed by atoms with E-state index < -0.39 is 6.10 Å². The van der Waals surface area contributed by atoms with Gasteiger partial charge in [-0.05, 0) is 116 Å². The molecule has 426 valence electrons. The molecule has 1 unspecified atom stereocenters. The van der Waals surface area contributed by atoms with Crippen LogP contribution in [0.3, 0.4) is 0 Å². The van der Waals surface area contributed by atoms with Crippen molar-refractivity contribution in [1.29, 1.82) is 0 Å². The summed E-state index contributed by atoms with van der Waals surface area (Å²) in [5.74, 6) is -0.915. The van der Waals surface area contributed by atoms with Gasteiger partial charge in [-0.25, -0.2) is 0 Å². The summed E-state index contributed by atoms with van der Waals surface area (Å²) in [6.07, 6.45) is 86.3. The maximum atomic E-state index is 12.8. The summed E-state index contributed by atoms with van der Waals surface area (Å²) < 4.78 is 16.8. The van der Waals surface area contributed by atoms with Crippen molar-refractivity contribution in [2.75, 3.05) is 13.2 Å². The van der Waals surface area contributed by atoms with E-state index in [-0.39, 0.29) is 31.1 Å². The van der Waals surface area contributed by atoms with Gasteiger partial charge in [0.1, 0.15) is 13.2 Å². The Kier molecular flexibility index (Phi) is 58.9. The lowest BCUT2D eigenvalue weighted by atomic mass is 10.0. The Morgan fingerprint density at radius 1 is 0.280 bits per heavy atom. The topological polar surface area (TPSA) is 78.9 Å². The van der Waals surface area contributed by atoms with Crippen molar-refractivity contribution in [3.05, 3.63) is 122 Å². The van der Waals surface area contributed by atoms with Gasteiger partial charge in [0.25, 0.3) is 0 Å². The van der Waals surface area contributed by atoms with Gasteiger partial charge in [-0.2, -0.15) is 0 Å². The van der Waals surface area contributed by atoms with Gasteiger partial charge in [-0.1, -0.05) is 264 Å². The van der Waals surface area contributed by atoms with Gasteiger partial charge in [0.2, 0.25) is 0 Å². The van der Waals surface area contributed by atoms with Gasteiger partial charge >= 0.3 is 17.9 Å². The highest BCUT2D eigenvalue weighted by Gasteiger charge is 2.19. The van der Waals surface area contributed by atoms with Crippen molar-refractivity contribution < 1.29 is 28.6 Å². The highest BCUT2D eigenvalue weighted by Crippen LogP contribution is 2.15. The van der Waals surface area contributed by atoms with Crippen LogP contribution in [-0.4, -0.2) is 37.2 Å². The first-order chi connectivity index (χ1) is 37.0. The molecule has 0 aliphatic heterocycles. The Hall–Kier alpha value is -4.19. The van der Waals surface area contributed by atoms with Crippen molar-refractivity contribution in [3.63, 3.8) is 0 Å². The Morgan fingerprint density at radius 3 is 0.853 bits per heavy atom. The summed E-state index contributed by atoms with van der Waals surface area (Å²) >= 11 is 0. The molecule has 6 nitrogen and oxygen atoms in total. The molecule has 0 bridgehead atoms. The third-order valence-electron chi connectivity index (χ3n) is 13.0. The number of esters is 3. The van der Waals surface area contributed by atoms with Crippen LogP contribution in [0.15, 0.2) is 122 Å². The summed E-state index contributed by atoms with van der Waals surface area (Å²) in [6, 6.07) is 0. The maximum absolute atomic E-state index is 12.8. The molecule has 0 fully saturated rings. The Bertz CT molecular complexity index is 1570. The predicted octanol–water partition coefficient (Wildman–Crippen LogP) is 21.2. The van der Waals surface area contributed by atoms with Gasteiger partial charge in [-0.3, -0.25) is 14.4 Å². The number of allylic oxidation sites excluding steroid dienone is 20. The SMILES string of the molecule is CC/C=C\C/C=C\C/C=C\C/C=C\C/C=C\C/C=C\C/C=C\C/C=C\C/C=C\CCCCCCCC(=O)OCC(COC(=O)CCCCCCCCCCCCCC)OC(=O)CCCCCCC/C=C\CCCCC. The van der Waals surface area contributed by atoms with E-state index in [0.717, 1.165) is 148 Å². The van der Waals surface area contributed by atoms with Crippen LogP contribution in [0.2, 0.25) is 0 Å². The number of ether oxygens (including phenoxy) is 3. The average Bonchev–Trinajstić information content (AvgIpc) is 3.41. The van der Waals surface area contributed by atoms with Crippen molar-refractivity contribution >= 4 is 17.9 Å². The lowest BCUT2D eigenvalue weighted by Gasteiger charge is -2.18. The highest BCUT2D eigenvalue weighted by molar-refractivity contribution is 5.71. The van der Waals surface area contributed by atoms with Crippen LogP contribution in [0.5, 0.6) is 0 Å². The summed E-state index contributed by atoms with van der Waals surface area (Å²) in [7, 11) is 0. The van der Waals surface area contributed by atoms with Gasteiger partial charge in [0.15, 0.2) is 6.10 Å². The second-order valence-corrected chi connectivity index (χ2v) is 20.2. The van der Waals surface area contributed by atoms with E-state index in [1.165, 1.54) is 89.9 Å². The molecule has 0 aromatic carbocycles. The molecule has 1 atom stereocenters. The van der Waals surface area contributed by atoms with E-state index in [1.54, 1.807) is 0 Å². The van der Waals surface area contributed by atoms with Crippen LogP contribution >= 0.6 is 0 Å². The molecule has 6 heteroatoms. The first kappa shape index (κ1) is 70.8. The zero-order valence-electron chi connectivity index (χ0n) is 48.8. The van der Waals surface area contributed by atoms with Gasteiger partial charge in [-0.15, -0.1) is 0 Å². The quantitative estimate of drug-likeness (QED) is 0.0261. The molecule has 0 radical (unpaired) electrons. The Morgan fingerprint density at radius 2 is 0.520 bits per heavy atom. The molecule has 0 aliphatic carbocycles. The van der Waals surface area contributed by atoms with E-state index in [0.29, 0.717) is 19.3 Å². The normalized spacial score (nSPS) is 12.9. The zero-order chi connectivity index (χ0) is 54.3. The first-order valence-electron chi connectivity index (χ1n) is 31.0. The summed E-state index contributed by atoms with van der Waals surface area (Å²) in [5, 5.41) is 0. The van der Waals surface area contributed by atoms with E-state index in [1.807, 2.05) is 0 Å². The van der Waals surface area contributed by atoms with E-state index in [4.69, 9.17) is 14.2 Å². The van der Waals surface area contributed by atoms with E-state index in [9.17, 15) is 14.4 Å². The zero-order valence-corrected chi connectivity index (χ0v) is 48.8. The fourth-order valence-electron chi connectivity index (χ4n) is 8.31. The first-order valence-corrected chi connectivity index (χ1v) is 31.0. The molecule has 0 heterocycles. The number of carbonyl (C=O) groups excluding carboxylic acids is 3. The molecule has 0 aromatic heterocycles. The number of unbranched alkanes of at least 4 members (excludes halogenated alkanes) is 24. The number of hydrogen-bond acceptors (Lipinski definition) is 6. The van der Waals surface area contributed by atoms with Crippen molar-refractivity contribution in [3.8, 4) is 0 Å². The monoisotopic (exact) mass is 1040 g/mol. The van der Waals surface area contributed by atoms with Crippen LogP contribution in [0, 0.1) is 0 Å². The second kappa shape index (κ2) is 62.4. The van der Waals surface area contributed by atoms with Crippen LogP contribution in [-0.2, 0) is 28.6 Å². The molecule has 0 spiro atoms. The Labute approximate surface area is 462 Å². The minimum atomic E-state index is -0.790. The lowest BCUT2D eigenvalue weighted by Crippen LogP contribution is -2.30. The molecule has 0 aliphatic rings. The second-order valence-electron chi connectivity index (χ2n) is 20.2. The van der Waals surface area contributed by atoms with E-state index in [2.05, 4.69) is 142 Å². The molecular formula is C69H114O6. The number of rotatable bonds is 55. The minimum absolute atomic E-state index is 0.0868. The number of carbonyl (C=O) groups is 3. The smallest absolute Gasteiger partial charge is 0.306 e. The van der Waals surface area contributed by atoms with Gasteiger partial charge in [0, 0.05) is 19.3 Å². The molecule has 0 saturated heterocycles. The highest BCUT2D eigenvalue weighted by atomic mass is 16.6. The van der Waals surface area contributed by atoms with Gasteiger partial charge < -0.3 is 14.2 Å². The maximum Gasteiger partial charge on any atom is 0.306 e. The molecule has 0 saturated carbocycles. The van der Waals surface area contributed by atoms with Crippen molar-refractivity contribution in [2.45, 2.75) is 284 Å². The van der Waals surface area contributed by atoms with Crippen molar-refractivity contribution in [2.24, 2.45) is 0 Å². The number of hydrogen-bond donors (Lipinski definition) is 0. The van der Waals surface area contributed by atoms with Crippen LogP contribution in [0.25, 0.3) is 0 Å². The molecule has 0 rings (SSSR count). The van der Waals surface area contributed by atoms with Crippen LogP contribution in [0.4, 0.5) is 0 Å². The Balaban J connectivity index is 4.26. The summed E-state index contributed by atoms with van der Waals surface area (Å²) in [6.45, 7) is 6.48. The molecular weight excluding hydrogens is 925 g/mol. The van der Waals surface area contributed by atoms with E-state index >= 15 is 0 Å². The largest absolute Gasteiger partial charge is 0.462 e. The van der Waals surface area contributed by atoms with Crippen molar-refractivity contribution in [1.82, 2.24) is 0 Å². The molecule has 0 aromatic rings. The summed E-state index contributed by atoms with van der Waals surface area (Å²) in [4.78, 5) is 38.1. The standard InChI is InChI=1S/C69H114O6/c1-4-7-10-13-16-19-22-25-26-27-28-29-30-31-32-33-34-35-36-37-38-39-40-41-42-43-44-45-48-50-53-56-59-62-68(71)74-65-66(75-69(72)63-60-57-54-51-47-24-21-18-15-12-9-6-3)64-73-67(70)61-58-55-52-49-46-23-20-17-14-11-8-5-2/h7,10,16,18-19,21,25-26,28-29,31-32,34-35,37-38,40-41,43-44,66H,4-6,8-9,11-15,17,20,22-24,27,30,33,36,39,42,45-65H2,1-3H3/b10-7-,19-16-,21-18-,26-25-,29-28-,32-31-,35-34-,38-37-,41-40-,44-43-. The minimum Gasteiger partial charge on any atom is -0.462 e. The van der Waals surface area contributed by atoms with Gasteiger partial charge in [0.05, 0.1) is 0 Å². The van der Waals surface area contributed by atoms with Crippen LogP contribution < -0.4 is 0 Å². The molecule has 0 N–H and O–H groups in total. The fraction of sp³-hybridized carbons (Fsp3) is 0.667. The third kappa shape index (κ3) is 60.6. The fourth-order valence-corrected chi connectivity index (χ4v) is 8.31. The average molecular weight is 1040 g/mol. The molecule has 75 heavy (non-hydrogen) atoms.